The number of halogens is 1. The van der Waals surface area contributed by atoms with Gasteiger partial charge < -0.3 is 4.74 Å². The van der Waals surface area contributed by atoms with Crippen LogP contribution in [-0.4, -0.2) is 27.3 Å². The molecule has 17 heavy (non-hydrogen) atoms. The lowest BCUT2D eigenvalue weighted by atomic mass is 10.0. The van der Waals surface area contributed by atoms with Crippen LogP contribution in [0.5, 0.6) is 0 Å². The topological polar surface area (TPSA) is 57.0 Å². The number of alkyl halides is 1. The Labute approximate surface area is 99.0 Å². The third-order valence-electron chi connectivity index (χ3n) is 2.93. The average Bonchev–Trinajstić information content (AvgIpc) is 2.80. The van der Waals surface area contributed by atoms with Crippen LogP contribution >= 0.6 is 0 Å². The molecule has 0 spiro atoms. The second kappa shape index (κ2) is 4.43. The molecule has 5 nitrogen and oxygen atoms in total. The predicted molar refractivity (Wildman–Crippen MR) is 58.3 cm³/mol. The van der Waals surface area contributed by atoms with Crippen molar-refractivity contribution in [2.24, 2.45) is 5.92 Å². The van der Waals surface area contributed by atoms with E-state index in [0.29, 0.717) is 6.42 Å². The summed E-state index contributed by atoms with van der Waals surface area (Å²) in [6.07, 6.45) is -0.756. The van der Waals surface area contributed by atoms with E-state index in [9.17, 15) is 9.18 Å². The monoisotopic (exact) mass is 241 g/mol. The lowest BCUT2D eigenvalue weighted by Crippen LogP contribution is -2.14. The molecule has 0 saturated heterocycles. The smallest absolute Gasteiger partial charge is 0.378 e. The first-order chi connectivity index (χ1) is 8.04. The van der Waals surface area contributed by atoms with Crippen LogP contribution in [-0.2, 0) is 4.74 Å². The summed E-state index contributed by atoms with van der Waals surface area (Å²) in [5.41, 5.74) is 0. The first-order valence-electron chi connectivity index (χ1n) is 5.82. The molecule has 1 aliphatic heterocycles. The Balaban J connectivity index is 2.29. The molecule has 0 amide bonds. The fraction of sp³-hybridized carbons (Fsp3) is 0.727. The molecule has 0 N–H and O–H groups in total. The number of aromatic nitrogens is 3. The van der Waals surface area contributed by atoms with Crippen LogP contribution in [0.2, 0.25) is 0 Å². The number of ether oxygens (including phenoxy) is 1. The van der Waals surface area contributed by atoms with Gasteiger partial charge in [-0.1, -0.05) is 13.8 Å². The van der Waals surface area contributed by atoms with Crippen LogP contribution in [0.1, 0.15) is 55.8 Å². The SMILES string of the molecule is CCOC(=O)c1nc2n(n1)[C@H](C(C)C)C[C@@H]2F. The Bertz CT molecular complexity index is 430. The summed E-state index contributed by atoms with van der Waals surface area (Å²) in [4.78, 5) is 15.4. The minimum atomic E-state index is -1.14. The highest BCUT2D eigenvalue weighted by Gasteiger charge is 2.37. The average molecular weight is 241 g/mol. The van der Waals surface area contributed by atoms with E-state index in [1.807, 2.05) is 13.8 Å². The van der Waals surface area contributed by atoms with Crippen molar-refractivity contribution in [2.45, 2.75) is 39.4 Å². The zero-order valence-corrected chi connectivity index (χ0v) is 10.2. The van der Waals surface area contributed by atoms with Crippen molar-refractivity contribution in [3.05, 3.63) is 11.6 Å². The van der Waals surface area contributed by atoms with E-state index in [1.165, 1.54) is 4.68 Å². The highest BCUT2D eigenvalue weighted by Crippen LogP contribution is 2.39. The van der Waals surface area contributed by atoms with Gasteiger partial charge in [-0.3, -0.25) is 0 Å². The molecule has 1 aromatic rings. The number of hydrogen-bond donors (Lipinski definition) is 0. The van der Waals surface area contributed by atoms with Crippen molar-refractivity contribution in [1.29, 1.82) is 0 Å². The molecular formula is C11H16FN3O2. The number of hydrogen-bond acceptors (Lipinski definition) is 4. The van der Waals surface area contributed by atoms with E-state index < -0.39 is 12.1 Å². The van der Waals surface area contributed by atoms with Gasteiger partial charge in [0.15, 0.2) is 12.0 Å². The van der Waals surface area contributed by atoms with Crippen molar-refractivity contribution >= 4 is 5.97 Å². The van der Waals surface area contributed by atoms with Crippen molar-refractivity contribution < 1.29 is 13.9 Å². The van der Waals surface area contributed by atoms with Crippen molar-refractivity contribution in [3.63, 3.8) is 0 Å². The molecule has 6 heteroatoms. The van der Waals surface area contributed by atoms with E-state index in [1.54, 1.807) is 6.92 Å². The highest BCUT2D eigenvalue weighted by molar-refractivity contribution is 5.85. The van der Waals surface area contributed by atoms with Crippen LogP contribution in [0.15, 0.2) is 0 Å². The lowest BCUT2D eigenvalue weighted by Gasteiger charge is -2.14. The predicted octanol–water partition coefficient (Wildman–Crippen LogP) is 2.07. The summed E-state index contributed by atoms with van der Waals surface area (Å²) in [6.45, 7) is 5.96. The number of nitrogens with zero attached hydrogens (tertiary/aromatic N) is 3. The molecule has 0 saturated carbocycles. The number of rotatable bonds is 3. The first kappa shape index (κ1) is 12.0. The Kier molecular flexibility index (Phi) is 3.13. The maximum atomic E-state index is 13.7. The van der Waals surface area contributed by atoms with Gasteiger partial charge in [-0.25, -0.2) is 18.9 Å². The molecule has 94 valence electrons. The van der Waals surface area contributed by atoms with E-state index in [2.05, 4.69) is 10.1 Å². The van der Waals surface area contributed by atoms with Gasteiger partial charge >= 0.3 is 5.97 Å². The first-order valence-corrected chi connectivity index (χ1v) is 5.82. The van der Waals surface area contributed by atoms with Crippen LogP contribution < -0.4 is 0 Å². The molecule has 0 radical (unpaired) electrons. The zero-order valence-electron chi connectivity index (χ0n) is 10.2. The number of carbonyl (C=O) groups is 1. The Morgan fingerprint density at radius 2 is 2.35 bits per heavy atom. The number of fused-ring (bicyclic) bond motifs is 1. The van der Waals surface area contributed by atoms with Gasteiger partial charge in [-0.05, 0) is 12.8 Å². The molecule has 0 unspecified atom stereocenters. The maximum absolute atomic E-state index is 13.7. The third kappa shape index (κ3) is 2.03. The summed E-state index contributed by atoms with van der Waals surface area (Å²) in [5, 5.41) is 4.05. The van der Waals surface area contributed by atoms with Gasteiger partial charge in [0.25, 0.3) is 5.82 Å². The molecule has 0 fully saturated rings. The zero-order chi connectivity index (χ0) is 12.6. The molecule has 2 rings (SSSR count). The van der Waals surface area contributed by atoms with Gasteiger partial charge in [0.05, 0.1) is 12.6 Å². The van der Waals surface area contributed by atoms with Crippen molar-refractivity contribution in [1.82, 2.24) is 14.8 Å². The van der Waals surface area contributed by atoms with Crippen molar-refractivity contribution in [3.8, 4) is 0 Å². The summed E-state index contributed by atoms with van der Waals surface area (Å²) in [5.74, 6) is -0.142. The standard InChI is InChI=1S/C11H16FN3O2/c1-4-17-11(16)9-13-10-7(12)5-8(6(2)3)15(10)14-9/h6-8H,4-5H2,1-3H3/t7-,8-/m0/s1. The minimum absolute atomic E-state index is 0.0318. The molecule has 0 aliphatic carbocycles. The summed E-state index contributed by atoms with van der Waals surface area (Å²) in [7, 11) is 0. The van der Waals surface area contributed by atoms with E-state index in [0.717, 1.165) is 0 Å². The lowest BCUT2D eigenvalue weighted by molar-refractivity contribution is 0.0510. The number of esters is 1. The maximum Gasteiger partial charge on any atom is 0.378 e. The number of carbonyl (C=O) groups excluding carboxylic acids is 1. The van der Waals surface area contributed by atoms with E-state index in [-0.39, 0.29) is 30.2 Å². The van der Waals surface area contributed by atoms with Gasteiger partial charge in [-0.2, -0.15) is 0 Å². The van der Waals surface area contributed by atoms with Crippen LogP contribution in [0, 0.1) is 5.92 Å². The Morgan fingerprint density at radius 1 is 1.65 bits per heavy atom. The summed E-state index contributed by atoms with van der Waals surface area (Å²) < 4.78 is 20.0. The summed E-state index contributed by atoms with van der Waals surface area (Å²) >= 11 is 0. The summed E-state index contributed by atoms with van der Waals surface area (Å²) in [6, 6.07) is -0.0318. The Morgan fingerprint density at radius 3 is 2.94 bits per heavy atom. The van der Waals surface area contributed by atoms with Crippen LogP contribution in [0.4, 0.5) is 4.39 Å². The quantitative estimate of drug-likeness (QED) is 0.760. The van der Waals surface area contributed by atoms with Gasteiger partial charge in [0, 0.05) is 6.42 Å². The Hall–Kier alpha value is -1.46. The highest BCUT2D eigenvalue weighted by atomic mass is 19.1. The second-order valence-electron chi connectivity index (χ2n) is 4.47. The van der Waals surface area contributed by atoms with E-state index >= 15 is 0 Å². The van der Waals surface area contributed by atoms with Gasteiger partial charge in [-0.15, -0.1) is 5.10 Å². The normalized spacial score (nSPS) is 22.9. The van der Waals surface area contributed by atoms with E-state index in [4.69, 9.17) is 4.74 Å². The van der Waals surface area contributed by atoms with Gasteiger partial charge in [0.1, 0.15) is 0 Å². The molecule has 1 aromatic heterocycles. The van der Waals surface area contributed by atoms with Crippen LogP contribution in [0.25, 0.3) is 0 Å². The largest absolute Gasteiger partial charge is 0.460 e. The van der Waals surface area contributed by atoms with Gasteiger partial charge in [0.2, 0.25) is 0 Å². The molecule has 1 aliphatic rings. The fourth-order valence-electron chi connectivity index (χ4n) is 2.05. The second-order valence-corrected chi connectivity index (χ2v) is 4.47. The fourth-order valence-corrected chi connectivity index (χ4v) is 2.05. The third-order valence-corrected chi connectivity index (χ3v) is 2.93. The minimum Gasteiger partial charge on any atom is -0.460 e. The molecule has 2 heterocycles. The van der Waals surface area contributed by atoms with Crippen molar-refractivity contribution in [2.75, 3.05) is 6.61 Å². The molecule has 0 bridgehead atoms. The molecule has 0 aromatic carbocycles. The van der Waals surface area contributed by atoms with Crippen LogP contribution in [0.3, 0.4) is 0 Å². The molecule has 2 atom stereocenters. The molecular weight excluding hydrogens is 225 g/mol.